The van der Waals surface area contributed by atoms with E-state index < -0.39 is 0 Å². The topological polar surface area (TPSA) is 41.6 Å². The smallest absolute Gasteiger partial charge is 0.221 e. The van der Waals surface area contributed by atoms with Gasteiger partial charge in [-0.25, -0.2) is 0 Å². The molecule has 27 heavy (non-hydrogen) atoms. The molecular weight excluding hydrogens is 380 g/mol. The van der Waals surface area contributed by atoms with Crippen LogP contribution in [0.5, 0.6) is 0 Å². The van der Waals surface area contributed by atoms with Crippen LogP contribution >= 0.6 is 22.9 Å². The van der Waals surface area contributed by atoms with E-state index in [4.69, 9.17) is 16.3 Å². The first-order valence-corrected chi connectivity index (χ1v) is 10.7. The maximum atomic E-state index is 11.2. The SMILES string of the molecule is CC(=O)Nc1ccc(CN2CC[C@]3(C[C@@H]2C)OCCc2cc(Cl)sc23)cc1. The summed E-state index contributed by atoms with van der Waals surface area (Å²) in [5, 5.41) is 2.82. The Balaban J connectivity index is 1.44. The number of anilines is 1. The summed E-state index contributed by atoms with van der Waals surface area (Å²) < 4.78 is 7.23. The molecule has 1 amide bonds. The van der Waals surface area contributed by atoms with Crippen molar-refractivity contribution in [2.45, 2.75) is 51.3 Å². The molecule has 0 bridgehead atoms. The number of hydrogen-bond donors (Lipinski definition) is 1. The van der Waals surface area contributed by atoms with Crippen LogP contribution in [0.1, 0.15) is 42.7 Å². The van der Waals surface area contributed by atoms with Crippen LogP contribution in [0.15, 0.2) is 30.3 Å². The summed E-state index contributed by atoms with van der Waals surface area (Å²) in [6.07, 6.45) is 2.98. The van der Waals surface area contributed by atoms with E-state index in [0.717, 1.165) is 49.0 Å². The number of fused-ring (bicyclic) bond motifs is 2. The van der Waals surface area contributed by atoms with Gasteiger partial charge in [0, 0.05) is 36.6 Å². The molecule has 4 nitrogen and oxygen atoms in total. The zero-order valence-corrected chi connectivity index (χ0v) is 17.3. The quantitative estimate of drug-likeness (QED) is 0.797. The van der Waals surface area contributed by atoms with Gasteiger partial charge in [-0.15, -0.1) is 11.3 Å². The van der Waals surface area contributed by atoms with Gasteiger partial charge in [-0.05, 0) is 55.5 Å². The number of ether oxygens (including phenoxy) is 1. The standard InChI is InChI=1S/C21H25ClN2O2S/c1-14-12-21(20-17(7-10-26-21)11-19(22)27-20)8-9-24(14)13-16-3-5-18(6-4-16)23-15(2)25/h3-6,11,14H,7-10,12-13H2,1-2H3,(H,23,25)/t14-,21+/m0/s1. The number of carbonyl (C=O) groups excluding carboxylic acids is 1. The van der Waals surface area contributed by atoms with Crippen LogP contribution in [-0.4, -0.2) is 30.0 Å². The minimum Gasteiger partial charge on any atom is -0.369 e. The zero-order chi connectivity index (χ0) is 19.0. The van der Waals surface area contributed by atoms with E-state index in [2.05, 4.69) is 35.3 Å². The molecule has 3 heterocycles. The lowest BCUT2D eigenvalue weighted by atomic mass is 9.82. The molecule has 0 unspecified atom stereocenters. The Morgan fingerprint density at radius 2 is 2.19 bits per heavy atom. The van der Waals surface area contributed by atoms with Crippen molar-refractivity contribution < 1.29 is 9.53 Å². The number of thiophene rings is 1. The Labute approximate surface area is 169 Å². The van der Waals surface area contributed by atoms with E-state index in [9.17, 15) is 4.79 Å². The average molecular weight is 405 g/mol. The molecule has 0 aliphatic carbocycles. The summed E-state index contributed by atoms with van der Waals surface area (Å²) in [6.45, 7) is 6.52. The molecule has 2 aliphatic heterocycles. The molecule has 1 spiro atoms. The predicted octanol–water partition coefficient (Wildman–Crippen LogP) is 4.81. The highest BCUT2D eigenvalue weighted by atomic mass is 35.5. The number of piperidine rings is 1. The highest BCUT2D eigenvalue weighted by Gasteiger charge is 2.44. The van der Waals surface area contributed by atoms with Crippen LogP contribution in [0.3, 0.4) is 0 Å². The fraction of sp³-hybridized carbons (Fsp3) is 0.476. The van der Waals surface area contributed by atoms with Gasteiger partial charge in [-0.2, -0.15) is 0 Å². The van der Waals surface area contributed by atoms with Gasteiger partial charge < -0.3 is 10.1 Å². The summed E-state index contributed by atoms with van der Waals surface area (Å²) in [7, 11) is 0. The third-order valence-electron chi connectivity index (χ3n) is 5.65. The van der Waals surface area contributed by atoms with Crippen molar-refractivity contribution >= 4 is 34.5 Å². The van der Waals surface area contributed by atoms with Crippen LogP contribution < -0.4 is 5.32 Å². The van der Waals surface area contributed by atoms with Crippen molar-refractivity contribution in [2.75, 3.05) is 18.5 Å². The fourth-order valence-corrected chi connectivity index (χ4v) is 5.83. The first-order chi connectivity index (χ1) is 12.9. The van der Waals surface area contributed by atoms with Crippen molar-refractivity contribution in [3.63, 3.8) is 0 Å². The molecule has 0 saturated carbocycles. The largest absolute Gasteiger partial charge is 0.369 e. The zero-order valence-electron chi connectivity index (χ0n) is 15.8. The van der Waals surface area contributed by atoms with Gasteiger partial charge >= 0.3 is 0 Å². The Morgan fingerprint density at radius 3 is 2.89 bits per heavy atom. The van der Waals surface area contributed by atoms with Crippen molar-refractivity contribution in [2.24, 2.45) is 0 Å². The Bertz CT molecular complexity index is 835. The van der Waals surface area contributed by atoms with Gasteiger partial charge in [0.05, 0.1) is 10.9 Å². The van der Waals surface area contributed by atoms with Crippen LogP contribution in [0, 0.1) is 0 Å². The third kappa shape index (κ3) is 3.92. The Morgan fingerprint density at radius 1 is 1.41 bits per heavy atom. The first kappa shape index (κ1) is 18.9. The second kappa shape index (κ2) is 7.55. The molecule has 2 aromatic rings. The molecule has 1 N–H and O–H groups in total. The maximum Gasteiger partial charge on any atom is 0.221 e. The Hall–Kier alpha value is -1.40. The number of benzene rings is 1. The summed E-state index contributed by atoms with van der Waals surface area (Å²) in [4.78, 5) is 15.0. The van der Waals surface area contributed by atoms with Crippen LogP contribution in [0.2, 0.25) is 4.34 Å². The molecule has 1 aromatic heterocycles. The van der Waals surface area contributed by atoms with Crippen LogP contribution in [0.4, 0.5) is 5.69 Å². The van der Waals surface area contributed by atoms with E-state index in [0.29, 0.717) is 6.04 Å². The molecule has 1 saturated heterocycles. The lowest BCUT2D eigenvalue weighted by molar-refractivity contribution is -0.114. The molecule has 6 heteroatoms. The van der Waals surface area contributed by atoms with Crippen LogP contribution in [-0.2, 0) is 28.1 Å². The predicted molar refractivity (Wildman–Crippen MR) is 111 cm³/mol. The number of likely N-dealkylation sites (tertiary alicyclic amines) is 1. The highest BCUT2D eigenvalue weighted by Crippen LogP contribution is 2.48. The highest BCUT2D eigenvalue weighted by molar-refractivity contribution is 7.16. The van der Waals surface area contributed by atoms with Crippen molar-refractivity contribution in [3.05, 3.63) is 50.7 Å². The molecule has 4 rings (SSSR count). The van der Waals surface area contributed by atoms with Crippen molar-refractivity contribution in [1.82, 2.24) is 4.90 Å². The molecule has 144 valence electrons. The number of hydrogen-bond acceptors (Lipinski definition) is 4. The second-order valence-electron chi connectivity index (χ2n) is 7.65. The van der Waals surface area contributed by atoms with E-state index >= 15 is 0 Å². The van der Waals surface area contributed by atoms with Crippen molar-refractivity contribution in [1.29, 1.82) is 0 Å². The number of rotatable bonds is 3. The van der Waals surface area contributed by atoms with E-state index in [1.54, 1.807) is 11.3 Å². The normalized spacial score (nSPS) is 25.4. The van der Waals surface area contributed by atoms with E-state index in [1.807, 2.05) is 12.1 Å². The minimum atomic E-state index is -0.156. The minimum absolute atomic E-state index is 0.0433. The number of nitrogens with one attached hydrogen (secondary N) is 1. The lowest BCUT2D eigenvalue weighted by Crippen LogP contribution is -2.49. The molecule has 1 aromatic carbocycles. The summed E-state index contributed by atoms with van der Waals surface area (Å²) in [5.74, 6) is -0.0433. The van der Waals surface area contributed by atoms with Gasteiger partial charge in [-0.1, -0.05) is 23.7 Å². The Kier molecular flexibility index (Phi) is 5.30. The van der Waals surface area contributed by atoms with Gasteiger partial charge in [0.1, 0.15) is 5.60 Å². The number of nitrogens with zero attached hydrogens (tertiary/aromatic N) is 1. The summed E-state index contributed by atoms with van der Waals surface area (Å²) >= 11 is 7.99. The lowest BCUT2D eigenvalue weighted by Gasteiger charge is -2.47. The molecule has 2 aliphatic rings. The van der Waals surface area contributed by atoms with Gasteiger partial charge in [-0.3, -0.25) is 9.69 Å². The van der Waals surface area contributed by atoms with Gasteiger partial charge in [0.25, 0.3) is 0 Å². The van der Waals surface area contributed by atoms with E-state index in [-0.39, 0.29) is 11.5 Å². The molecule has 0 radical (unpaired) electrons. The van der Waals surface area contributed by atoms with Gasteiger partial charge in [0.15, 0.2) is 0 Å². The van der Waals surface area contributed by atoms with E-state index in [1.165, 1.54) is 22.9 Å². The second-order valence-corrected chi connectivity index (χ2v) is 9.33. The number of amides is 1. The average Bonchev–Trinajstić information content (AvgIpc) is 3.01. The number of carbonyl (C=O) groups is 1. The van der Waals surface area contributed by atoms with Crippen molar-refractivity contribution in [3.8, 4) is 0 Å². The monoisotopic (exact) mass is 404 g/mol. The maximum absolute atomic E-state index is 11.2. The van der Waals surface area contributed by atoms with Gasteiger partial charge in [0.2, 0.25) is 5.91 Å². The number of halogens is 1. The summed E-state index contributed by atoms with van der Waals surface area (Å²) in [6, 6.07) is 10.7. The van der Waals surface area contributed by atoms with Crippen LogP contribution in [0.25, 0.3) is 0 Å². The fourth-order valence-electron chi connectivity index (χ4n) is 4.34. The third-order valence-corrected chi connectivity index (χ3v) is 7.15. The first-order valence-electron chi connectivity index (χ1n) is 9.48. The molecule has 2 atom stereocenters. The summed E-state index contributed by atoms with van der Waals surface area (Å²) in [5.41, 5.74) is 3.33. The molecular formula is C21H25ClN2O2S. The molecule has 1 fully saturated rings.